The van der Waals surface area contributed by atoms with Gasteiger partial charge in [-0.25, -0.2) is 0 Å². The maximum atomic E-state index is 10.5. The lowest BCUT2D eigenvalue weighted by Crippen LogP contribution is -2.18. The summed E-state index contributed by atoms with van der Waals surface area (Å²) in [5, 5.41) is -0.510. The van der Waals surface area contributed by atoms with Crippen molar-refractivity contribution in [2.45, 2.75) is 6.92 Å². The molecule has 6 nitrogen and oxygen atoms in total. The van der Waals surface area contributed by atoms with Gasteiger partial charge in [-0.05, 0) is 12.2 Å². The Labute approximate surface area is 63.3 Å². The lowest BCUT2D eigenvalue weighted by molar-refractivity contribution is -0.337. The summed E-state index contributed by atoms with van der Waals surface area (Å²) in [4.78, 5) is 30.1. The van der Waals surface area contributed by atoms with Gasteiger partial charge < -0.3 is 28.1 Å². The lowest BCUT2D eigenvalue weighted by Gasteiger charge is -2.36. The molecule has 66 valence electrons. The molecule has 11 heavy (non-hydrogen) atoms. The fourth-order valence-electron chi connectivity index (χ4n) is 0.201. The van der Waals surface area contributed by atoms with Crippen LogP contribution in [0, 0.1) is 0 Å². The molecule has 0 bridgehead atoms. The van der Waals surface area contributed by atoms with Crippen molar-refractivity contribution >= 4 is 15.4 Å². The van der Waals surface area contributed by atoms with Gasteiger partial charge in [0.2, 0.25) is 0 Å². The second-order valence-electron chi connectivity index (χ2n) is 1.76. The zero-order valence-electron chi connectivity index (χ0n) is 5.55. The molecule has 0 heterocycles. The van der Waals surface area contributed by atoms with E-state index in [-0.39, 0.29) is 0 Å². The molecule has 0 aliphatic heterocycles. The Morgan fingerprint density at radius 1 is 1.36 bits per heavy atom. The van der Waals surface area contributed by atoms with Crippen molar-refractivity contribution in [3.63, 3.8) is 0 Å². The molecule has 0 aromatic rings. The molecule has 0 radical (unpaired) electrons. The van der Waals surface area contributed by atoms with E-state index in [9.17, 15) is 23.8 Å². The molecule has 0 spiro atoms. The first-order valence-corrected chi connectivity index (χ1v) is 5.36. The molecule has 1 atom stereocenters. The van der Waals surface area contributed by atoms with Crippen LogP contribution in [0.4, 0.5) is 0 Å². The number of allylic oxidation sites excluding steroid dienone is 1. The maximum absolute atomic E-state index is 10.5. The molecule has 0 aliphatic carbocycles. The third kappa shape index (κ3) is 4.48. The van der Waals surface area contributed by atoms with E-state index in [1.807, 2.05) is 0 Å². The van der Waals surface area contributed by atoms with Crippen LogP contribution < -0.4 is 14.7 Å². The van der Waals surface area contributed by atoms with Crippen molar-refractivity contribution in [1.29, 1.82) is 0 Å². The summed E-state index contributed by atoms with van der Waals surface area (Å²) >= 11 is 0. The second-order valence-corrected chi connectivity index (χ2v) is 5.07. The molecule has 0 aromatic carbocycles. The molecule has 0 rings (SSSR count). The average Bonchev–Trinajstić information content (AvgIpc) is 1.56. The van der Waals surface area contributed by atoms with Crippen LogP contribution in [-0.2, 0) is 13.4 Å². The first kappa shape index (κ1) is 11.0. The van der Waals surface area contributed by atoms with Gasteiger partial charge in [0, 0.05) is 0 Å². The Balaban J connectivity index is 4.52. The van der Waals surface area contributed by atoms with Gasteiger partial charge in [-0.2, -0.15) is 0 Å². The quantitative estimate of drug-likeness (QED) is 0.534. The van der Waals surface area contributed by atoms with Crippen LogP contribution in [0.2, 0.25) is 0 Å². The van der Waals surface area contributed by atoms with E-state index in [4.69, 9.17) is 0 Å². The van der Waals surface area contributed by atoms with E-state index in [1.54, 1.807) is 0 Å². The van der Waals surface area contributed by atoms with E-state index in [0.717, 1.165) is 6.92 Å². The van der Waals surface area contributed by atoms with E-state index in [0.29, 0.717) is 0 Å². The normalized spacial score (nSPS) is 17.5. The van der Waals surface area contributed by atoms with Crippen molar-refractivity contribution in [2.75, 3.05) is 0 Å². The Kier molecular flexibility index (Phi) is 3.20. The van der Waals surface area contributed by atoms with Crippen LogP contribution in [0.1, 0.15) is 6.92 Å². The molecule has 0 saturated heterocycles. The largest absolute Gasteiger partial charge is 0.790 e. The Bertz CT molecular complexity index is 251. The summed E-state index contributed by atoms with van der Waals surface area (Å²) in [6.45, 7) is 3.93. The molecule has 0 aromatic heterocycles. The minimum absolute atomic E-state index is 0.510. The molecular formula is C3H5O6P2-3. The van der Waals surface area contributed by atoms with Gasteiger partial charge in [-0.15, -0.1) is 0 Å². The molecule has 0 aliphatic rings. The van der Waals surface area contributed by atoms with E-state index in [1.165, 1.54) is 0 Å². The van der Waals surface area contributed by atoms with E-state index in [2.05, 4.69) is 10.9 Å². The van der Waals surface area contributed by atoms with Gasteiger partial charge in [-0.1, -0.05) is 6.58 Å². The first-order valence-electron chi connectivity index (χ1n) is 2.36. The van der Waals surface area contributed by atoms with Gasteiger partial charge in [0.15, 0.2) is 7.60 Å². The molecule has 0 fully saturated rings. The van der Waals surface area contributed by atoms with Crippen LogP contribution in [0.3, 0.4) is 0 Å². The topological polar surface area (TPSA) is 113 Å². The van der Waals surface area contributed by atoms with Gasteiger partial charge in [-0.3, -0.25) is 0 Å². The standard InChI is InChI=1S/C3H8O6P2/c1-3(2)10(4,5)9-11(6,7)8/h1H2,2H3,(H,4,5)(H2,6,7,8)/p-3. The molecule has 0 amide bonds. The number of rotatable bonds is 3. The van der Waals surface area contributed by atoms with E-state index < -0.39 is 20.7 Å². The molecule has 0 saturated carbocycles. The van der Waals surface area contributed by atoms with Crippen LogP contribution in [0.5, 0.6) is 0 Å². The highest BCUT2D eigenvalue weighted by molar-refractivity contribution is 7.64. The molecule has 1 unspecified atom stereocenters. The Hall–Kier alpha value is 0.0400. The van der Waals surface area contributed by atoms with Gasteiger partial charge in [0.25, 0.3) is 0 Å². The monoisotopic (exact) mass is 199 g/mol. The maximum Gasteiger partial charge on any atom is 0.164 e. The number of phosphoric acid groups is 1. The number of hydrogen-bond acceptors (Lipinski definition) is 6. The van der Waals surface area contributed by atoms with Crippen molar-refractivity contribution in [3.8, 4) is 0 Å². The second kappa shape index (κ2) is 3.19. The highest BCUT2D eigenvalue weighted by atomic mass is 31.3. The fraction of sp³-hybridized carbons (Fsp3) is 0.333. The molecular weight excluding hydrogens is 194 g/mol. The first-order chi connectivity index (χ1) is 4.65. The minimum atomic E-state index is -5.48. The summed E-state index contributed by atoms with van der Waals surface area (Å²) < 4.78 is 23.5. The van der Waals surface area contributed by atoms with Gasteiger partial charge in [0.1, 0.15) is 0 Å². The summed E-state index contributed by atoms with van der Waals surface area (Å²) in [7, 11) is -10.2. The van der Waals surface area contributed by atoms with Gasteiger partial charge in [0.05, 0.1) is 7.82 Å². The Morgan fingerprint density at radius 3 is 1.82 bits per heavy atom. The summed E-state index contributed by atoms with van der Waals surface area (Å²) in [6, 6.07) is 0. The van der Waals surface area contributed by atoms with Crippen LogP contribution in [-0.4, -0.2) is 0 Å². The third-order valence-electron chi connectivity index (χ3n) is 0.675. The van der Waals surface area contributed by atoms with Crippen molar-refractivity contribution in [1.82, 2.24) is 0 Å². The lowest BCUT2D eigenvalue weighted by atomic mass is 10.8. The van der Waals surface area contributed by atoms with Crippen molar-refractivity contribution in [2.24, 2.45) is 0 Å². The fourth-order valence-corrected chi connectivity index (χ4v) is 1.81. The van der Waals surface area contributed by atoms with Crippen molar-refractivity contribution < 1.29 is 28.1 Å². The molecule has 0 N–H and O–H groups in total. The van der Waals surface area contributed by atoms with Crippen LogP contribution in [0.25, 0.3) is 0 Å². The highest BCUT2D eigenvalue weighted by Gasteiger charge is 2.10. The minimum Gasteiger partial charge on any atom is -0.790 e. The zero-order chi connectivity index (χ0) is 9.28. The smallest absolute Gasteiger partial charge is 0.164 e. The molecule has 8 heteroatoms. The summed E-state index contributed by atoms with van der Waals surface area (Å²) in [5.74, 6) is 0. The van der Waals surface area contributed by atoms with Crippen molar-refractivity contribution in [3.05, 3.63) is 11.9 Å². The number of hydrogen-bond donors (Lipinski definition) is 0. The third-order valence-corrected chi connectivity index (χ3v) is 3.27. The highest BCUT2D eigenvalue weighted by Crippen LogP contribution is 2.54. The van der Waals surface area contributed by atoms with E-state index >= 15 is 0 Å². The van der Waals surface area contributed by atoms with Crippen LogP contribution >= 0.6 is 15.4 Å². The van der Waals surface area contributed by atoms with Gasteiger partial charge >= 0.3 is 0 Å². The Morgan fingerprint density at radius 2 is 1.73 bits per heavy atom. The SMILES string of the molecule is C=C(C)P(=O)([O-])OP(=O)([O-])[O-]. The van der Waals surface area contributed by atoms with Crippen LogP contribution in [0.15, 0.2) is 11.9 Å². The summed E-state index contributed by atoms with van der Waals surface area (Å²) in [5.41, 5.74) is 0. The average molecular weight is 199 g/mol. The predicted octanol–water partition coefficient (Wildman–Crippen LogP) is -1.08. The summed E-state index contributed by atoms with van der Waals surface area (Å²) in [6.07, 6.45) is 0. The zero-order valence-corrected chi connectivity index (χ0v) is 7.34. The predicted molar refractivity (Wildman–Crippen MR) is 31.1 cm³/mol.